The Morgan fingerprint density at radius 2 is 1.80 bits per heavy atom. The van der Waals surface area contributed by atoms with Crippen LogP contribution in [0.3, 0.4) is 0 Å². The van der Waals surface area contributed by atoms with Crippen LogP contribution in [0.1, 0.15) is 59.8 Å². The lowest BCUT2D eigenvalue weighted by Gasteiger charge is -2.26. The highest BCUT2D eigenvalue weighted by Gasteiger charge is 2.21. The molecule has 20 heavy (non-hydrogen) atoms. The SMILES string of the molecule is CCCCC(CCC)NC(=O)N(CC)CC(C)C(=O)O. The van der Waals surface area contributed by atoms with Gasteiger partial charge in [0.1, 0.15) is 0 Å². The van der Waals surface area contributed by atoms with Gasteiger partial charge in [0.05, 0.1) is 5.92 Å². The molecule has 0 aromatic carbocycles. The molecule has 2 N–H and O–H groups in total. The molecule has 0 radical (unpaired) electrons. The van der Waals surface area contributed by atoms with Crippen LogP contribution in [0.2, 0.25) is 0 Å². The maximum absolute atomic E-state index is 12.2. The van der Waals surface area contributed by atoms with Crippen LogP contribution in [0.5, 0.6) is 0 Å². The van der Waals surface area contributed by atoms with Gasteiger partial charge in [-0.2, -0.15) is 0 Å². The van der Waals surface area contributed by atoms with Gasteiger partial charge in [0, 0.05) is 19.1 Å². The zero-order valence-electron chi connectivity index (χ0n) is 13.3. The third-order valence-electron chi connectivity index (χ3n) is 3.46. The second-order valence-electron chi connectivity index (χ2n) is 5.36. The van der Waals surface area contributed by atoms with E-state index in [2.05, 4.69) is 19.2 Å². The summed E-state index contributed by atoms with van der Waals surface area (Å²) in [6.45, 7) is 8.52. The van der Waals surface area contributed by atoms with Crippen LogP contribution in [0, 0.1) is 5.92 Å². The Morgan fingerprint density at radius 1 is 1.15 bits per heavy atom. The van der Waals surface area contributed by atoms with Gasteiger partial charge in [0.15, 0.2) is 0 Å². The van der Waals surface area contributed by atoms with Crippen molar-refractivity contribution in [1.82, 2.24) is 10.2 Å². The maximum Gasteiger partial charge on any atom is 0.317 e. The van der Waals surface area contributed by atoms with Gasteiger partial charge in [0.2, 0.25) is 0 Å². The number of aliphatic carboxylic acids is 1. The molecule has 0 saturated heterocycles. The molecule has 5 heteroatoms. The Labute approximate surface area is 122 Å². The minimum atomic E-state index is -0.868. The van der Waals surface area contributed by atoms with Gasteiger partial charge in [0.25, 0.3) is 0 Å². The van der Waals surface area contributed by atoms with Crippen molar-refractivity contribution < 1.29 is 14.7 Å². The second-order valence-corrected chi connectivity index (χ2v) is 5.36. The predicted octanol–water partition coefficient (Wildman–Crippen LogP) is 3.10. The van der Waals surface area contributed by atoms with Gasteiger partial charge in [-0.1, -0.05) is 40.0 Å². The predicted molar refractivity (Wildman–Crippen MR) is 80.8 cm³/mol. The summed E-state index contributed by atoms with van der Waals surface area (Å²) in [7, 11) is 0. The number of rotatable bonds is 10. The summed E-state index contributed by atoms with van der Waals surface area (Å²) in [5.41, 5.74) is 0. The van der Waals surface area contributed by atoms with E-state index in [-0.39, 0.29) is 18.6 Å². The Kier molecular flexibility index (Phi) is 9.86. The average Bonchev–Trinajstić information content (AvgIpc) is 2.41. The average molecular weight is 286 g/mol. The standard InChI is InChI=1S/C15H30N2O3/c1-5-8-10-13(9-6-2)16-15(20)17(7-3)11-12(4)14(18)19/h12-13H,5-11H2,1-4H3,(H,16,20)(H,18,19). The minimum absolute atomic E-state index is 0.143. The van der Waals surface area contributed by atoms with Gasteiger partial charge in [-0.15, -0.1) is 0 Å². The van der Waals surface area contributed by atoms with E-state index in [1.807, 2.05) is 6.92 Å². The van der Waals surface area contributed by atoms with E-state index >= 15 is 0 Å². The van der Waals surface area contributed by atoms with E-state index in [1.165, 1.54) is 0 Å². The molecule has 0 spiro atoms. The summed E-state index contributed by atoms with van der Waals surface area (Å²) in [4.78, 5) is 24.7. The monoisotopic (exact) mass is 286 g/mol. The number of nitrogens with zero attached hydrogens (tertiary/aromatic N) is 1. The number of unbranched alkanes of at least 4 members (excludes halogenated alkanes) is 1. The zero-order chi connectivity index (χ0) is 15.5. The highest BCUT2D eigenvalue weighted by atomic mass is 16.4. The summed E-state index contributed by atoms with van der Waals surface area (Å²) in [6.07, 6.45) is 5.21. The van der Waals surface area contributed by atoms with Crippen molar-refractivity contribution in [2.75, 3.05) is 13.1 Å². The first kappa shape index (κ1) is 18.7. The van der Waals surface area contributed by atoms with Gasteiger partial charge >= 0.3 is 12.0 Å². The number of carbonyl (C=O) groups is 2. The molecule has 118 valence electrons. The number of hydrogen-bond donors (Lipinski definition) is 2. The van der Waals surface area contributed by atoms with Crippen LogP contribution in [0.4, 0.5) is 4.79 Å². The van der Waals surface area contributed by atoms with Crippen LogP contribution < -0.4 is 5.32 Å². The molecular formula is C15H30N2O3. The Bertz CT molecular complexity index is 295. The van der Waals surface area contributed by atoms with Crippen molar-refractivity contribution in [2.24, 2.45) is 5.92 Å². The summed E-state index contributed by atoms with van der Waals surface area (Å²) in [5, 5.41) is 12.0. The molecule has 0 aliphatic rings. The van der Waals surface area contributed by atoms with Crippen LogP contribution >= 0.6 is 0 Å². The highest BCUT2D eigenvalue weighted by Crippen LogP contribution is 2.08. The maximum atomic E-state index is 12.2. The van der Waals surface area contributed by atoms with Crippen LogP contribution in [-0.4, -0.2) is 41.1 Å². The van der Waals surface area contributed by atoms with Crippen molar-refractivity contribution in [1.29, 1.82) is 0 Å². The van der Waals surface area contributed by atoms with E-state index in [1.54, 1.807) is 11.8 Å². The lowest BCUT2D eigenvalue weighted by atomic mass is 10.1. The van der Waals surface area contributed by atoms with Crippen molar-refractivity contribution in [3.8, 4) is 0 Å². The quantitative estimate of drug-likeness (QED) is 0.648. The normalized spacial score (nSPS) is 13.6. The van der Waals surface area contributed by atoms with Gasteiger partial charge in [-0.3, -0.25) is 4.79 Å². The van der Waals surface area contributed by atoms with E-state index in [0.29, 0.717) is 6.54 Å². The molecule has 2 amide bonds. The number of carbonyl (C=O) groups excluding carboxylic acids is 1. The first-order chi connectivity index (χ1) is 9.46. The molecule has 0 saturated carbocycles. The molecule has 0 aromatic heterocycles. The Morgan fingerprint density at radius 3 is 2.25 bits per heavy atom. The van der Waals surface area contributed by atoms with Crippen molar-refractivity contribution in [3.05, 3.63) is 0 Å². The lowest BCUT2D eigenvalue weighted by molar-refractivity contribution is -0.141. The van der Waals surface area contributed by atoms with Gasteiger partial charge < -0.3 is 15.3 Å². The van der Waals surface area contributed by atoms with Crippen molar-refractivity contribution in [2.45, 2.75) is 65.8 Å². The van der Waals surface area contributed by atoms with Crippen LogP contribution in [0.25, 0.3) is 0 Å². The molecule has 0 bridgehead atoms. The Hall–Kier alpha value is -1.26. The Balaban J connectivity index is 4.45. The summed E-state index contributed by atoms with van der Waals surface area (Å²) in [5.74, 6) is -1.41. The molecule has 0 fully saturated rings. The minimum Gasteiger partial charge on any atom is -0.481 e. The fourth-order valence-corrected chi connectivity index (χ4v) is 2.12. The third kappa shape index (κ3) is 7.36. The lowest BCUT2D eigenvalue weighted by Crippen LogP contribution is -2.47. The van der Waals surface area contributed by atoms with E-state index in [4.69, 9.17) is 5.11 Å². The third-order valence-corrected chi connectivity index (χ3v) is 3.46. The fraction of sp³-hybridized carbons (Fsp3) is 0.867. The number of carboxylic acid groups (broad SMARTS) is 1. The molecule has 0 heterocycles. The smallest absolute Gasteiger partial charge is 0.317 e. The molecule has 0 rings (SSSR count). The van der Waals surface area contributed by atoms with E-state index < -0.39 is 11.9 Å². The first-order valence-electron chi connectivity index (χ1n) is 7.74. The van der Waals surface area contributed by atoms with Gasteiger partial charge in [-0.25, -0.2) is 4.79 Å². The highest BCUT2D eigenvalue weighted by molar-refractivity contribution is 5.76. The number of amides is 2. The topological polar surface area (TPSA) is 69.6 Å². The summed E-state index contributed by atoms with van der Waals surface area (Å²) < 4.78 is 0. The first-order valence-corrected chi connectivity index (χ1v) is 7.74. The van der Waals surface area contributed by atoms with Crippen LogP contribution in [-0.2, 0) is 4.79 Å². The molecule has 2 unspecified atom stereocenters. The number of hydrogen-bond acceptors (Lipinski definition) is 2. The number of nitrogens with one attached hydrogen (secondary N) is 1. The summed E-state index contributed by atoms with van der Waals surface area (Å²) in [6, 6.07) is 0.0526. The second kappa shape index (κ2) is 10.5. The molecule has 0 aliphatic heterocycles. The summed E-state index contributed by atoms with van der Waals surface area (Å²) >= 11 is 0. The molecule has 0 aliphatic carbocycles. The zero-order valence-corrected chi connectivity index (χ0v) is 13.3. The van der Waals surface area contributed by atoms with Crippen molar-refractivity contribution in [3.63, 3.8) is 0 Å². The molecule has 5 nitrogen and oxygen atoms in total. The fourth-order valence-electron chi connectivity index (χ4n) is 2.12. The number of urea groups is 1. The number of carboxylic acids is 1. The van der Waals surface area contributed by atoms with Crippen LogP contribution in [0.15, 0.2) is 0 Å². The van der Waals surface area contributed by atoms with Gasteiger partial charge in [-0.05, 0) is 19.8 Å². The molecule has 0 aromatic rings. The molecular weight excluding hydrogens is 256 g/mol. The van der Waals surface area contributed by atoms with E-state index in [0.717, 1.165) is 32.1 Å². The van der Waals surface area contributed by atoms with Crippen molar-refractivity contribution >= 4 is 12.0 Å². The van der Waals surface area contributed by atoms with E-state index in [9.17, 15) is 9.59 Å². The molecule has 2 atom stereocenters. The largest absolute Gasteiger partial charge is 0.481 e.